The van der Waals surface area contributed by atoms with Crippen LogP contribution in [0.1, 0.15) is 11.1 Å². The smallest absolute Gasteiger partial charge is 0.487 e. The molecule has 106 valence electrons. The molecule has 1 aromatic carbocycles. The molecule has 0 aliphatic heterocycles. The number of ether oxygens (including phenoxy) is 1. The predicted octanol–water partition coefficient (Wildman–Crippen LogP) is 0.167. The largest absolute Gasteiger partial charge is 1.00 e. The fourth-order valence-corrected chi connectivity index (χ4v) is 1.65. The molecular weight excluding hydrogens is 312 g/mol. The fourth-order valence-electron chi connectivity index (χ4n) is 1.65. The number of rotatable bonds is 4. The monoisotopic (exact) mass is 323 g/mol. The Hall–Kier alpha value is -0.409. The molecule has 0 atom stereocenters. The van der Waals surface area contributed by atoms with Crippen molar-refractivity contribution in [2.24, 2.45) is 0 Å². The van der Waals surface area contributed by atoms with Crippen molar-refractivity contribution in [2.75, 3.05) is 0 Å². The van der Waals surface area contributed by atoms with Gasteiger partial charge in [-0.3, -0.25) is 4.98 Å². The van der Waals surface area contributed by atoms with Crippen molar-refractivity contribution in [1.82, 2.24) is 4.98 Å². The Morgan fingerprint density at radius 1 is 1.14 bits per heavy atom. The van der Waals surface area contributed by atoms with Gasteiger partial charge in [0.25, 0.3) is 0 Å². The average molecular weight is 323 g/mol. The zero-order chi connectivity index (χ0) is 14.8. The number of hydrogen-bond donors (Lipinski definition) is 0. The molecule has 0 radical (unpaired) electrons. The van der Waals surface area contributed by atoms with Crippen LogP contribution in [-0.4, -0.2) is 12.0 Å². The first-order valence-corrected chi connectivity index (χ1v) is 5.89. The van der Waals surface area contributed by atoms with Crippen LogP contribution < -0.4 is 61.6 Å². The van der Waals surface area contributed by atoms with E-state index in [0.29, 0.717) is 5.56 Å². The fraction of sp³-hybridized carbons (Fsp3) is 0.154. The summed E-state index contributed by atoms with van der Waals surface area (Å²) in [6.45, 7) is -3.36. The van der Waals surface area contributed by atoms with Crippen LogP contribution in [-0.2, 0) is 6.61 Å². The second-order valence-corrected chi connectivity index (χ2v) is 4.39. The number of aryl methyl sites for hydroxylation is 1. The maximum atomic E-state index is 13.1. The van der Waals surface area contributed by atoms with E-state index >= 15 is 0 Å². The van der Waals surface area contributed by atoms with Gasteiger partial charge in [-0.05, 0) is 36.2 Å². The van der Waals surface area contributed by atoms with Gasteiger partial charge in [-0.25, -0.2) is 4.39 Å². The van der Waals surface area contributed by atoms with Gasteiger partial charge in [0.05, 0.1) is 6.20 Å². The molecule has 2 rings (SSSR count). The predicted molar refractivity (Wildman–Crippen MR) is 68.4 cm³/mol. The first-order valence-electron chi connectivity index (χ1n) is 5.89. The topological polar surface area (TPSA) is 22.1 Å². The van der Waals surface area contributed by atoms with Crippen molar-refractivity contribution < 1.29 is 73.5 Å². The third kappa shape index (κ3) is 5.37. The number of nitrogens with zero attached hydrogens (tertiary/aromatic N) is 1. The van der Waals surface area contributed by atoms with E-state index in [-0.39, 0.29) is 63.7 Å². The van der Waals surface area contributed by atoms with Gasteiger partial charge in [0.1, 0.15) is 18.2 Å². The van der Waals surface area contributed by atoms with Crippen LogP contribution >= 0.6 is 0 Å². The van der Waals surface area contributed by atoms with Crippen LogP contribution in [0.3, 0.4) is 0 Å². The van der Waals surface area contributed by atoms with Crippen LogP contribution in [0, 0.1) is 12.7 Å². The Kier molecular flexibility index (Phi) is 6.86. The molecular formula is C13H11BF4KNO. The minimum Gasteiger partial charge on any atom is -0.487 e. The van der Waals surface area contributed by atoms with E-state index in [1.165, 1.54) is 18.3 Å². The average Bonchev–Trinajstić information content (AvgIpc) is 2.39. The van der Waals surface area contributed by atoms with Gasteiger partial charge in [-0.2, -0.15) is 0 Å². The molecule has 0 aliphatic carbocycles. The zero-order valence-electron chi connectivity index (χ0n) is 11.6. The second kappa shape index (κ2) is 7.73. The van der Waals surface area contributed by atoms with Gasteiger partial charge < -0.3 is 17.7 Å². The van der Waals surface area contributed by atoms with Crippen molar-refractivity contribution in [3.05, 3.63) is 53.6 Å². The summed E-state index contributed by atoms with van der Waals surface area (Å²) in [7, 11) is 0. The first-order chi connectivity index (χ1) is 9.36. The Labute approximate surface area is 162 Å². The third-order valence-electron chi connectivity index (χ3n) is 2.82. The van der Waals surface area contributed by atoms with Gasteiger partial charge in [0, 0.05) is 6.20 Å². The van der Waals surface area contributed by atoms with Crippen LogP contribution in [0.5, 0.6) is 5.75 Å². The zero-order valence-corrected chi connectivity index (χ0v) is 14.7. The molecule has 0 amide bonds. The van der Waals surface area contributed by atoms with E-state index in [1.807, 2.05) is 0 Å². The summed E-state index contributed by atoms with van der Waals surface area (Å²) in [5, 5.41) is 0. The molecule has 0 N–H and O–H groups in total. The van der Waals surface area contributed by atoms with Crippen LogP contribution in [0.25, 0.3) is 0 Å². The summed E-state index contributed by atoms with van der Waals surface area (Å²) >= 11 is 0. The minimum absolute atomic E-state index is 0. The Bertz CT molecular complexity index is 621. The number of hydrogen-bond acceptors (Lipinski definition) is 2. The summed E-state index contributed by atoms with van der Waals surface area (Å²) in [6, 6.07) is 5.08. The number of pyridine rings is 1. The van der Waals surface area contributed by atoms with Crippen molar-refractivity contribution in [2.45, 2.75) is 13.5 Å². The Morgan fingerprint density at radius 3 is 2.52 bits per heavy atom. The van der Waals surface area contributed by atoms with Gasteiger partial charge in [0.15, 0.2) is 0 Å². The van der Waals surface area contributed by atoms with Crippen molar-refractivity contribution >= 4 is 12.4 Å². The molecule has 0 unspecified atom stereocenters. The summed E-state index contributed by atoms with van der Waals surface area (Å²) in [5.41, 5.74) is 0.557. The molecule has 1 aromatic heterocycles. The third-order valence-corrected chi connectivity index (χ3v) is 2.82. The van der Waals surface area contributed by atoms with Crippen molar-refractivity contribution in [3.63, 3.8) is 0 Å². The van der Waals surface area contributed by atoms with E-state index in [4.69, 9.17) is 4.74 Å². The van der Waals surface area contributed by atoms with E-state index in [9.17, 15) is 17.3 Å². The molecule has 2 aromatic rings. The van der Waals surface area contributed by atoms with E-state index in [0.717, 1.165) is 17.8 Å². The van der Waals surface area contributed by atoms with Crippen LogP contribution in [0.2, 0.25) is 0 Å². The Morgan fingerprint density at radius 2 is 1.86 bits per heavy atom. The molecule has 21 heavy (non-hydrogen) atoms. The van der Waals surface area contributed by atoms with Gasteiger partial charge in [0.2, 0.25) is 0 Å². The SMILES string of the molecule is Cc1ccc(F)cc1COc1cncc([B-](F)(F)F)c1.[K+]. The maximum Gasteiger partial charge on any atom is 1.00 e. The maximum absolute atomic E-state index is 13.1. The van der Waals surface area contributed by atoms with E-state index < -0.39 is 18.3 Å². The van der Waals surface area contributed by atoms with Crippen molar-refractivity contribution in [1.29, 1.82) is 0 Å². The van der Waals surface area contributed by atoms with Crippen molar-refractivity contribution in [3.8, 4) is 5.75 Å². The van der Waals surface area contributed by atoms with Crippen LogP contribution in [0.15, 0.2) is 36.7 Å². The molecule has 0 aliphatic rings. The summed E-state index contributed by atoms with van der Waals surface area (Å²) in [6.07, 6.45) is 1.94. The number of aromatic nitrogens is 1. The minimum atomic E-state index is -5.11. The molecule has 0 saturated heterocycles. The molecule has 0 spiro atoms. The Balaban J connectivity index is 0.00000220. The quantitative estimate of drug-likeness (QED) is 0.591. The molecule has 1 heterocycles. The second-order valence-electron chi connectivity index (χ2n) is 4.39. The molecule has 0 fully saturated rings. The van der Waals surface area contributed by atoms with Gasteiger partial charge in [-0.15, -0.1) is 0 Å². The van der Waals surface area contributed by atoms with Gasteiger partial charge >= 0.3 is 58.4 Å². The number of benzene rings is 1. The number of halogens is 4. The normalized spacial score (nSPS) is 10.9. The molecule has 0 saturated carbocycles. The summed E-state index contributed by atoms with van der Waals surface area (Å²) in [4.78, 5) is 3.50. The molecule has 8 heteroatoms. The van der Waals surface area contributed by atoms with E-state index in [2.05, 4.69) is 4.98 Å². The summed E-state index contributed by atoms with van der Waals surface area (Å²) < 4.78 is 56.0. The van der Waals surface area contributed by atoms with Crippen LogP contribution in [0.4, 0.5) is 17.3 Å². The van der Waals surface area contributed by atoms with E-state index in [1.54, 1.807) is 13.0 Å². The molecule has 2 nitrogen and oxygen atoms in total. The first kappa shape index (κ1) is 18.6. The summed E-state index contributed by atoms with van der Waals surface area (Å²) in [5.74, 6) is -0.412. The van der Waals surface area contributed by atoms with Gasteiger partial charge in [-0.1, -0.05) is 11.5 Å². The standard InChI is InChI=1S/C13H11BF4NO.K/c1-9-2-3-12(15)4-10(9)8-20-13-5-11(6-19-7-13)14(16,17)18;/h2-7H,8H2,1H3;/q-1;+1. The molecule has 0 bridgehead atoms.